The minimum atomic E-state index is -1.28. The predicted octanol–water partition coefficient (Wildman–Crippen LogP) is 3.05. The largest absolute Gasteiger partial charge is 0.354 e. The number of para-hydroxylation sites is 2. The molecule has 2 aliphatic rings. The summed E-state index contributed by atoms with van der Waals surface area (Å²) in [7, 11) is -1.28. The number of fused-ring (bicyclic) bond motifs is 2. The van der Waals surface area contributed by atoms with Crippen LogP contribution in [0.2, 0.25) is 0 Å². The van der Waals surface area contributed by atoms with Crippen LogP contribution in [0.1, 0.15) is 0 Å². The highest BCUT2D eigenvalue weighted by Gasteiger charge is 2.32. The zero-order valence-corrected chi connectivity index (χ0v) is 17.3. The summed E-state index contributed by atoms with van der Waals surface area (Å²) in [4.78, 5) is 25.4. The van der Waals surface area contributed by atoms with E-state index in [0.29, 0.717) is 27.7 Å². The van der Waals surface area contributed by atoms with Gasteiger partial charge in [-0.2, -0.15) is 0 Å². The van der Waals surface area contributed by atoms with E-state index in [-0.39, 0.29) is 5.91 Å². The van der Waals surface area contributed by atoms with Crippen LogP contribution in [0.5, 0.6) is 0 Å². The smallest absolute Gasteiger partial charge is 0.245 e. The first-order valence-electron chi connectivity index (χ1n) is 10.0. The van der Waals surface area contributed by atoms with E-state index in [1.165, 1.54) is 0 Å². The molecule has 0 unspecified atom stereocenters. The monoisotopic (exact) mass is 418 g/mol. The molecule has 3 heterocycles. The molecule has 0 bridgehead atoms. The molecule has 152 valence electrons. The quantitative estimate of drug-likeness (QED) is 0.654. The lowest BCUT2D eigenvalue weighted by Gasteiger charge is -2.37. The Balaban J connectivity index is 1.35. The van der Waals surface area contributed by atoms with E-state index in [2.05, 4.69) is 14.8 Å². The summed E-state index contributed by atoms with van der Waals surface area (Å²) in [6.07, 6.45) is 1.81. The third kappa shape index (κ3) is 3.40. The van der Waals surface area contributed by atoms with Crippen molar-refractivity contribution in [1.29, 1.82) is 0 Å². The van der Waals surface area contributed by atoms with Crippen LogP contribution in [0.25, 0.3) is 0 Å². The second-order valence-electron chi connectivity index (χ2n) is 7.38. The molecule has 5 rings (SSSR count). The predicted molar refractivity (Wildman–Crippen MR) is 118 cm³/mol. The maximum absolute atomic E-state index is 13.4. The first-order valence-corrected chi connectivity index (χ1v) is 11.2. The van der Waals surface area contributed by atoms with Crippen LogP contribution >= 0.6 is 0 Å². The summed E-state index contributed by atoms with van der Waals surface area (Å²) < 4.78 is 13.0. The Hall–Kier alpha value is -3.03. The first kappa shape index (κ1) is 19.0. The van der Waals surface area contributed by atoms with E-state index in [9.17, 15) is 9.00 Å². The van der Waals surface area contributed by atoms with Gasteiger partial charge in [0, 0.05) is 32.4 Å². The molecule has 2 aromatic carbocycles. The number of pyridine rings is 1. The zero-order valence-electron chi connectivity index (χ0n) is 16.5. The molecule has 1 aromatic heterocycles. The summed E-state index contributed by atoms with van der Waals surface area (Å²) in [6.45, 7) is 3.59. The van der Waals surface area contributed by atoms with Gasteiger partial charge < -0.3 is 4.90 Å². The van der Waals surface area contributed by atoms with Gasteiger partial charge in [-0.3, -0.25) is 14.6 Å². The van der Waals surface area contributed by atoms with Crippen LogP contribution in [0, 0.1) is 0 Å². The third-order valence-corrected chi connectivity index (χ3v) is 7.06. The Labute approximate surface area is 178 Å². The summed E-state index contributed by atoms with van der Waals surface area (Å²) in [6, 6.07) is 20.9. The van der Waals surface area contributed by atoms with Crippen LogP contribution < -0.4 is 9.80 Å². The first-order chi connectivity index (χ1) is 14.7. The van der Waals surface area contributed by atoms with E-state index in [4.69, 9.17) is 0 Å². The van der Waals surface area contributed by atoms with Crippen molar-refractivity contribution >= 4 is 33.9 Å². The number of aromatic nitrogens is 1. The summed E-state index contributed by atoms with van der Waals surface area (Å²) >= 11 is 0. The Morgan fingerprint density at radius 1 is 0.833 bits per heavy atom. The lowest BCUT2D eigenvalue weighted by Crippen LogP contribution is -2.50. The van der Waals surface area contributed by atoms with E-state index in [0.717, 1.165) is 32.0 Å². The number of nitrogens with zero attached hydrogens (tertiary/aromatic N) is 4. The molecule has 0 saturated carbocycles. The summed E-state index contributed by atoms with van der Waals surface area (Å²) in [5.74, 6) is 0.975. The second kappa shape index (κ2) is 8.01. The number of anilines is 3. The molecule has 0 radical (unpaired) electrons. The molecule has 0 atom stereocenters. The van der Waals surface area contributed by atoms with Crippen LogP contribution in [-0.2, 0) is 15.6 Å². The minimum Gasteiger partial charge on any atom is -0.354 e. The van der Waals surface area contributed by atoms with Gasteiger partial charge in [0.05, 0.1) is 38.5 Å². The lowest BCUT2D eigenvalue weighted by atomic mass is 10.2. The highest BCUT2D eigenvalue weighted by Crippen LogP contribution is 2.41. The topological polar surface area (TPSA) is 56.8 Å². The van der Waals surface area contributed by atoms with Crippen LogP contribution in [0.15, 0.2) is 82.7 Å². The molecule has 3 aromatic rings. The zero-order chi connectivity index (χ0) is 20.5. The number of hydrogen-bond acceptors (Lipinski definition) is 5. The van der Waals surface area contributed by atoms with Crippen molar-refractivity contribution in [3.63, 3.8) is 0 Å². The number of carbonyl (C=O) groups is 1. The van der Waals surface area contributed by atoms with Crippen molar-refractivity contribution < 1.29 is 9.00 Å². The fraction of sp³-hybridized carbons (Fsp3) is 0.217. The SMILES string of the molecule is O=C(CN1CCN(c2ccccn2)CC1)N1c2ccccc2S(=O)c2ccccc21. The van der Waals surface area contributed by atoms with E-state index in [1.54, 1.807) is 11.1 Å². The average molecular weight is 419 g/mol. The molecule has 6 nitrogen and oxygen atoms in total. The minimum absolute atomic E-state index is 0.00196. The Morgan fingerprint density at radius 2 is 1.43 bits per heavy atom. The van der Waals surface area contributed by atoms with Gasteiger partial charge in [-0.25, -0.2) is 9.19 Å². The van der Waals surface area contributed by atoms with Crippen molar-refractivity contribution in [2.45, 2.75) is 9.79 Å². The Kier molecular flexibility index (Phi) is 5.06. The number of amides is 1. The molecular formula is C23H22N4O2S. The van der Waals surface area contributed by atoms with Gasteiger partial charge in [0.15, 0.2) is 0 Å². The van der Waals surface area contributed by atoms with Gasteiger partial charge in [-0.05, 0) is 36.4 Å². The number of hydrogen-bond donors (Lipinski definition) is 0. The van der Waals surface area contributed by atoms with E-state index < -0.39 is 10.8 Å². The maximum atomic E-state index is 13.4. The summed E-state index contributed by atoms with van der Waals surface area (Å²) in [5, 5.41) is 0. The van der Waals surface area contributed by atoms with Gasteiger partial charge in [0.1, 0.15) is 5.82 Å². The fourth-order valence-electron chi connectivity index (χ4n) is 4.05. The van der Waals surface area contributed by atoms with Crippen LogP contribution in [0.3, 0.4) is 0 Å². The van der Waals surface area contributed by atoms with Gasteiger partial charge in [0.25, 0.3) is 0 Å². The van der Waals surface area contributed by atoms with E-state index in [1.807, 2.05) is 66.7 Å². The normalized spacial score (nSPS) is 16.8. The number of carbonyl (C=O) groups excluding carboxylic acids is 1. The van der Waals surface area contributed by atoms with Crippen molar-refractivity contribution in [3.8, 4) is 0 Å². The van der Waals surface area contributed by atoms with Gasteiger partial charge in [-0.1, -0.05) is 30.3 Å². The molecule has 0 spiro atoms. The number of piperazine rings is 1. The molecule has 2 aliphatic heterocycles. The third-order valence-electron chi connectivity index (χ3n) is 5.57. The molecule has 1 saturated heterocycles. The molecule has 1 fully saturated rings. The van der Waals surface area contributed by atoms with Gasteiger partial charge >= 0.3 is 0 Å². The summed E-state index contributed by atoms with van der Waals surface area (Å²) in [5.41, 5.74) is 1.43. The molecule has 1 amide bonds. The molecule has 7 heteroatoms. The maximum Gasteiger partial charge on any atom is 0.245 e. The van der Waals surface area contributed by atoms with Crippen molar-refractivity contribution in [1.82, 2.24) is 9.88 Å². The molecule has 0 aliphatic carbocycles. The van der Waals surface area contributed by atoms with Crippen molar-refractivity contribution in [2.24, 2.45) is 0 Å². The van der Waals surface area contributed by atoms with Gasteiger partial charge in [0.2, 0.25) is 5.91 Å². The second-order valence-corrected chi connectivity index (χ2v) is 8.80. The number of rotatable bonds is 3. The standard InChI is InChI=1S/C23H22N4O2S/c28-23(17-25-13-15-26(16-14-25)22-11-5-6-12-24-22)27-18-7-1-3-9-20(18)30(29)21-10-4-2-8-19(21)27/h1-12H,13-17H2. The molecule has 0 N–H and O–H groups in total. The van der Waals surface area contributed by atoms with Crippen molar-refractivity contribution in [2.75, 3.05) is 42.5 Å². The highest BCUT2D eigenvalue weighted by molar-refractivity contribution is 7.85. The molecule has 30 heavy (non-hydrogen) atoms. The highest BCUT2D eigenvalue weighted by atomic mass is 32.2. The molecular weight excluding hydrogens is 396 g/mol. The average Bonchev–Trinajstić information content (AvgIpc) is 2.80. The van der Waals surface area contributed by atoms with Crippen molar-refractivity contribution in [3.05, 3.63) is 72.9 Å². The Morgan fingerprint density at radius 3 is 2.03 bits per heavy atom. The lowest BCUT2D eigenvalue weighted by molar-refractivity contribution is -0.119. The fourth-order valence-corrected chi connectivity index (χ4v) is 5.39. The van der Waals surface area contributed by atoms with Crippen LogP contribution in [-0.4, -0.2) is 52.7 Å². The number of benzene rings is 2. The van der Waals surface area contributed by atoms with E-state index >= 15 is 0 Å². The Bertz CT molecular complexity index is 1050. The van der Waals surface area contributed by atoms with Gasteiger partial charge in [-0.15, -0.1) is 0 Å². The van der Waals surface area contributed by atoms with Crippen LogP contribution in [0.4, 0.5) is 17.2 Å².